The molecular formula is C9H16N2O. The van der Waals surface area contributed by atoms with E-state index in [0.717, 1.165) is 25.1 Å². The molecular weight excluding hydrogens is 152 g/mol. The summed E-state index contributed by atoms with van der Waals surface area (Å²) in [5.74, 6) is 0. The maximum atomic E-state index is 11.0. The zero-order chi connectivity index (χ0) is 8.97. The van der Waals surface area contributed by atoms with Crippen LogP contribution >= 0.6 is 0 Å². The number of rotatable bonds is 4. The normalized spacial score (nSPS) is 10.5. The molecule has 0 amide bonds. The van der Waals surface area contributed by atoms with Gasteiger partial charge in [-0.2, -0.15) is 0 Å². The van der Waals surface area contributed by atoms with Gasteiger partial charge in [-0.25, -0.2) is 0 Å². The fourth-order valence-corrected chi connectivity index (χ4v) is 1.31. The molecule has 0 fully saturated rings. The molecule has 1 aromatic rings. The van der Waals surface area contributed by atoms with Crippen molar-refractivity contribution >= 4 is 0 Å². The number of nitrogens with zero attached hydrogens (tertiary/aromatic N) is 1. The Bertz CT molecular complexity index is 285. The number of aryl methyl sites for hydroxylation is 2. The van der Waals surface area contributed by atoms with E-state index in [1.807, 2.05) is 11.6 Å². The predicted molar refractivity (Wildman–Crippen MR) is 49.3 cm³/mol. The third-order valence-electron chi connectivity index (χ3n) is 1.99. The summed E-state index contributed by atoms with van der Waals surface area (Å²) in [4.78, 5) is 11.0. The van der Waals surface area contributed by atoms with Gasteiger partial charge in [-0.1, -0.05) is 13.3 Å². The second-order valence-electron chi connectivity index (χ2n) is 2.96. The van der Waals surface area contributed by atoms with Crippen LogP contribution in [0.1, 0.15) is 32.4 Å². The molecule has 1 rings (SSSR count). The molecule has 1 aromatic heterocycles. The molecule has 0 aliphatic heterocycles. The van der Waals surface area contributed by atoms with Crippen LogP contribution in [-0.2, 0) is 13.0 Å². The molecule has 12 heavy (non-hydrogen) atoms. The van der Waals surface area contributed by atoms with Crippen molar-refractivity contribution in [1.29, 1.82) is 0 Å². The Balaban J connectivity index is 2.75. The quantitative estimate of drug-likeness (QED) is 0.727. The number of hydrogen-bond donors (Lipinski definition) is 1. The number of hydrogen-bond acceptors (Lipinski definition) is 1. The Morgan fingerprint density at radius 2 is 2.25 bits per heavy atom. The van der Waals surface area contributed by atoms with E-state index in [9.17, 15) is 4.79 Å². The monoisotopic (exact) mass is 168 g/mol. The summed E-state index contributed by atoms with van der Waals surface area (Å²) in [5, 5.41) is 2.76. The first kappa shape index (κ1) is 9.10. The maximum Gasteiger partial charge on any atom is 0.264 e. The lowest BCUT2D eigenvalue weighted by atomic mass is 10.2. The first-order valence-electron chi connectivity index (χ1n) is 4.56. The molecule has 0 spiro atoms. The van der Waals surface area contributed by atoms with E-state index in [1.165, 1.54) is 6.42 Å². The molecule has 0 aliphatic rings. The first-order valence-corrected chi connectivity index (χ1v) is 4.56. The summed E-state index contributed by atoms with van der Waals surface area (Å²) in [7, 11) is 0. The summed E-state index contributed by atoms with van der Waals surface area (Å²) >= 11 is 0. The molecule has 0 bridgehead atoms. The summed E-state index contributed by atoms with van der Waals surface area (Å²) in [6, 6.07) is 1.69. The van der Waals surface area contributed by atoms with Crippen molar-refractivity contribution in [2.75, 3.05) is 0 Å². The van der Waals surface area contributed by atoms with E-state index in [4.69, 9.17) is 0 Å². The molecule has 1 N–H and O–H groups in total. The van der Waals surface area contributed by atoms with Gasteiger partial charge in [-0.15, -0.1) is 0 Å². The Morgan fingerprint density at radius 1 is 1.50 bits per heavy atom. The summed E-state index contributed by atoms with van der Waals surface area (Å²) in [6.07, 6.45) is 3.32. The van der Waals surface area contributed by atoms with Gasteiger partial charge in [0.15, 0.2) is 0 Å². The number of H-pyrrole nitrogens is 1. The molecule has 1 heterocycles. The maximum absolute atomic E-state index is 11.0. The van der Waals surface area contributed by atoms with Crippen LogP contribution in [0.4, 0.5) is 0 Å². The average Bonchev–Trinajstić information content (AvgIpc) is 2.42. The third kappa shape index (κ3) is 2.00. The highest BCUT2D eigenvalue weighted by atomic mass is 16.1. The van der Waals surface area contributed by atoms with Crippen molar-refractivity contribution in [3.05, 3.63) is 22.1 Å². The highest BCUT2D eigenvalue weighted by Gasteiger charge is 2.00. The molecule has 0 aromatic carbocycles. The van der Waals surface area contributed by atoms with Crippen LogP contribution < -0.4 is 5.56 Å². The van der Waals surface area contributed by atoms with Gasteiger partial charge in [0.25, 0.3) is 5.56 Å². The fraction of sp³-hybridized carbons (Fsp3) is 0.667. The van der Waals surface area contributed by atoms with Crippen molar-refractivity contribution < 1.29 is 0 Å². The van der Waals surface area contributed by atoms with Gasteiger partial charge in [-0.3, -0.25) is 14.6 Å². The minimum Gasteiger partial charge on any atom is -0.290 e. The molecule has 0 unspecified atom stereocenters. The molecule has 3 heteroatoms. The van der Waals surface area contributed by atoms with E-state index >= 15 is 0 Å². The van der Waals surface area contributed by atoms with Gasteiger partial charge in [0, 0.05) is 18.3 Å². The minimum atomic E-state index is 0.0166. The van der Waals surface area contributed by atoms with Gasteiger partial charge in [0.1, 0.15) is 0 Å². The zero-order valence-electron chi connectivity index (χ0n) is 7.76. The van der Waals surface area contributed by atoms with E-state index in [0.29, 0.717) is 0 Å². The van der Waals surface area contributed by atoms with E-state index in [1.54, 1.807) is 6.07 Å². The number of aromatic amines is 1. The van der Waals surface area contributed by atoms with Crippen LogP contribution in [-0.4, -0.2) is 9.78 Å². The molecule has 68 valence electrons. The largest absolute Gasteiger partial charge is 0.290 e. The van der Waals surface area contributed by atoms with E-state index < -0.39 is 0 Å². The Hall–Kier alpha value is -0.990. The van der Waals surface area contributed by atoms with Crippen LogP contribution in [0.15, 0.2) is 10.9 Å². The summed E-state index contributed by atoms with van der Waals surface area (Å²) < 4.78 is 1.91. The van der Waals surface area contributed by atoms with Crippen LogP contribution in [0.25, 0.3) is 0 Å². The highest BCUT2D eigenvalue weighted by molar-refractivity contribution is 5.00. The smallest absolute Gasteiger partial charge is 0.264 e. The lowest BCUT2D eigenvalue weighted by Gasteiger charge is -2.03. The van der Waals surface area contributed by atoms with Crippen molar-refractivity contribution in [2.24, 2.45) is 0 Å². The van der Waals surface area contributed by atoms with Gasteiger partial charge < -0.3 is 0 Å². The van der Waals surface area contributed by atoms with Crippen LogP contribution in [0, 0.1) is 0 Å². The van der Waals surface area contributed by atoms with Crippen molar-refractivity contribution in [2.45, 2.75) is 39.7 Å². The third-order valence-corrected chi connectivity index (χ3v) is 1.99. The van der Waals surface area contributed by atoms with Gasteiger partial charge in [-0.05, 0) is 19.8 Å². The SMILES string of the molecule is CCCCc1cc(=O)[nH]n1CC. The number of unbranched alkanes of at least 4 members (excludes halogenated alkanes) is 1. The van der Waals surface area contributed by atoms with Crippen LogP contribution in [0.5, 0.6) is 0 Å². The minimum absolute atomic E-state index is 0.0166. The van der Waals surface area contributed by atoms with E-state index in [-0.39, 0.29) is 5.56 Å². The second kappa shape index (κ2) is 4.14. The molecule has 0 aliphatic carbocycles. The van der Waals surface area contributed by atoms with Gasteiger partial charge >= 0.3 is 0 Å². The van der Waals surface area contributed by atoms with Crippen LogP contribution in [0.2, 0.25) is 0 Å². The lowest BCUT2D eigenvalue weighted by Crippen LogP contribution is -2.05. The number of aromatic nitrogens is 2. The van der Waals surface area contributed by atoms with Crippen molar-refractivity contribution in [3.63, 3.8) is 0 Å². The Kier molecular flexibility index (Phi) is 3.14. The second-order valence-corrected chi connectivity index (χ2v) is 2.96. The van der Waals surface area contributed by atoms with E-state index in [2.05, 4.69) is 12.0 Å². The standard InChI is InChI=1S/C9H16N2O/c1-3-5-6-8-7-9(12)10-11(8)4-2/h7H,3-6H2,1-2H3,(H,10,12). The predicted octanol–water partition coefficient (Wildman–Crippen LogP) is 1.54. The zero-order valence-corrected chi connectivity index (χ0v) is 7.76. The topological polar surface area (TPSA) is 37.8 Å². The molecule has 0 radical (unpaired) electrons. The molecule has 0 atom stereocenters. The average molecular weight is 168 g/mol. The molecule has 0 saturated heterocycles. The van der Waals surface area contributed by atoms with Gasteiger partial charge in [0.05, 0.1) is 0 Å². The lowest BCUT2D eigenvalue weighted by molar-refractivity contribution is 0.603. The summed E-state index contributed by atoms with van der Waals surface area (Å²) in [5.41, 5.74) is 1.15. The highest BCUT2D eigenvalue weighted by Crippen LogP contribution is 2.01. The Morgan fingerprint density at radius 3 is 2.83 bits per heavy atom. The van der Waals surface area contributed by atoms with Crippen LogP contribution in [0.3, 0.4) is 0 Å². The molecule has 0 saturated carbocycles. The van der Waals surface area contributed by atoms with Gasteiger partial charge in [0.2, 0.25) is 0 Å². The molecule has 3 nitrogen and oxygen atoms in total. The first-order chi connectivity index (χ1) is 5.77. The van der Waals surface area contributed by atoms with Crippen molar-refractivity contribution in [1.82, 2.24) is 9.78 Å². The summed E-state index contributed by atoms with van der Waals surface area (Å²) in [6.45, 7) is 5.04. The number of nitrogens with one attached hydrogen (secondary N) is 1. The van der Waals surface area contributed by atoms with Crippen molar-refractivity contribution in [3.8, 4) is 0 Å². The fourth-order valence-electron chi connectivity index (χ4n) is 1.31. The Labute approximate surface area is 72.4 Å².